The molecule has 1 saturated carbocycles. The molecule has 3 aliphatic rings. The smallest absolute Gasteiger partial charge is 0.404 e. The molecule has 0 radical (unpaired) electrons. The summed E-state index contributed by atoms with van der Waals surface area (Å²) in [6, 6.07) is -0.556. The van der Waals surface area contributed by atoms with Crippen LogP contribution in [0.3, 0.4) is 0 Å². The summed E-state index contributed by atoms with van der Waals surface area (Å²) >= 11 is 12.3. The van der Waals surface area contributed by atoms with E-state index in [-0.39, 0.29) is 27.8 Å². The van der Waals surface area contributed by atoms with E-state index in [0.29, 0.717) is 31.9 Å². The summed E-state index contributed by atoms with van der Waals surface area (Å²) in [6.45, 7) is 1.31. The van der Waals surface area contributed by atoms with E-state index >= 15 is 0 Å². The van der Waals surface area contributed by atoms with Gasteiger partial charge in [-0.05, 0) is 45.4 Å². The van der Waals surface area contributed by atoms with Gasteiger partial charge in [-0.25, -0.2) is 0 Å². The fourth-order valence-electron chi connectivity index (χ4n) is 5.74. The van der Waals surface area contributed by atoms with E-state index in [9.17, 15) is 22.8 Å². The number of hydrogen-bond donors (Lipinski definition) is 1. The number of Topliss-reactive ketones (excluding diaryl/α,β-unsaturated/α-hetero) is 1. The lowest BCUT2D eigenvalue weighted by Gasteiger charge is -2.33. The summed E-state index contributed by atoms with van der Waals surface area (Å²) in [5, 5.41) is -0.0499. The molecule has 2 aliphatic heterocycles. The number of amides is 1. The highest BCUT2D eigenvalue weighted by molar-refractivity contribution is 6.39. The molecule has 4 rings (SSSR count). The van der Waals surface area contributed by atoms with Crippen LogP contribution in [-0.4, -0.2) is 63.8 Å². The van der Waals surface area contributed by atoms with Crippen molar-refractivity contribution in [1.29, 1.82) is 0 Å². The van der Waals surface area contributed by atoms with Gasteiger partial charge in [0.2, 0.25) is 0 Å². The van der Waals surface area contributed by atoms with Crippen LogP contribution in [0, 0.1) is 0 Å². The van der Waals surface area contributed by atoms with Gasteiger partial charge in [-0.3, -0.25) is 19.6 Å². The van der Waals surface area contributed by atoms with Crippen molar-refractivity contribution in [2.24, 2.45) is 10.7 Å². The maximum absolute atomic E-state index is 14.2. The molecule has 1 amide bonds. The van der Waals surface area contributed by atoms with Crippen LogP contribution in [0.4, 0.5) is 13.2 Å². The number of ketones is 1. The highest BCUT2D eigenvalue weighted by Crippen LogP contribution is 2.51. The number of nitrogens with zero attached hydrogens (tertiary/aromatic N) is 3. The van der Waals surface area contributed by atoms with Crippen LogP contribution in [0.5, 0.6) is 0 Å². The van der Waals surface area contributed by atoms with Crippen LogP contribution in [-0.2, 0) is 9.53 Å². The predicted octanol–water partition coefficient (Wildman–Crippen LogP) is 5.68. The van der Waals surface area contributed by atoms with Gasteiger partial charge in [0.15, 0.2) is 11.5 Å². The van der Waals surface area contributed by atoms with Crippen molar-refractivity contribution in [2.45, 2.75) is 88.1 Å². The van der Waals surface area contributed by atoms with Gasteiger partial charge in [0.25, 0.3) is 5.91 Å². The largest absolute Gasteiger partial charge is 0.433 e. The molecule has 12 heteroatoms. The summed E-state index contributed by atoms with van der Waals surface area (Å²) in [5.41, 5.74) is 2.34. The summed E-state index contributed by atoms with van der Waals surface area (Å²) in [5.74, 6) is -1.69. The van der Waals surface area contributed by atoms with E-state index in [1.807, 2.05) is 6.92 Å². The number of aliphatic imine (C=N–C) groups is 1. The second kappa shape index (κ2) is 11.1. The number of alkyl halides is 3. The van der Waals surface area contributed by atoms with E-state index in [1.165, 1.54) is 12.4 Å². The van der Waals surface area contributed by atoms with Gasteiger partial charge in [0.05, 0.1) is 51.5 Å². The molecule has 38 heavy (non-hydrogen) atoms. The molecule has 2 saturated heterocycles. The minimum absolute atomic E-state index is 0.0250. The number of carbonyl (C=O) groups excluding carboxylic acids is 2. The lowest BCUT2D eigenvalue weighted by molar-refractivity contribution is -0.131. The molecule has 1 aromatic rings. The topological polar surface area (TPSA) is 97.9 Å². The zero-order valence-corrected chi connectivity index (χ0v) is 22.6. The number of ether oxygens (including phenoxy) is 1. The number of hydrogen-bond acceptors (Lipinski definition) is 6. The molecule has 3 fully saturated rings. The predicted molar refractivity (Wildman–Crippen MR) is 138 cm³/mol. The quantitative estimate of drug-likeness (QED) is 0.245. The first-order chi connectivity index (χ1) is 17.9. The SMILES string of the molecule is CC12CCC(CN(CC(=O)c3c(Cl)cncc3Cl)C(=O)C(=CN)C(=NC3CCCCC3)C(F)(F)F)(CC1)O2. The van der Waals surface area contributed by atoms with Gasteiger partial charge in [0, 0.05) is 18.6 Å². The molecule has 0 aromatic carbocycles. The summed E-state index contributed by atoms with van der Waals surface area (Å²) in [6.07, 6.45) is 4.38. The standard InChI is InChI=1S/C26H31Cl2F3N4O3/c1-24-7-9-25(38-24,10-8-24)15-35(14-20(36)21-18(27)12-33-13-19(21)28)23(37)17(11-32)22(26(29,30)31)34-16-5-3-2-4-6-16/h11-13,16H,2-10,14-15,32H2,1H3. The summed E-state index contributed by atoms with van der Waals surface area (Å²) < 4.78 is 49.0. The van der Waals surface area contributed by atoms with Gasteiger partial charge in [-0.2, -0.15) is 13.2 Å². The number of pyridine rings is 1. The van der Waals surface area contributed by atoms with E-state index < -0.39 is 47.3 Å². The van der Waals surface area contributed by atoms with Crippen molar-refractivity contribution in [3.8, 4) is 0 Å². The second-order valence-corrected chi connectivity index (χ2v) is 11.5. The molecule has 208 valence electrons. The molecular formula is C26H31Cl2F3N4O3. The molecule has 7 nitrogen and oxygen atoms in total. The van der Waals surface area contributed by atoms with Gasteiger partial charge in [-0.15, -0.1) is 0 Å². The van der Waals surface area contributed by atoms with Crippen LogP contribution in [0.15, 0.2) is 29.2 Å². The first-order valence-corrected chi connectivity index (χ1v) is 13.5. The molecule has 0 atom stereocenters. The van der Waals surface area contributed by atoms with Crippen LogP contribution in [0.25, 0.3) is 0 Å². The monoisotopic (exact) mass is 574 g/mol. The van der Waals surface area contributed by atoms with Gasteiger partial charge in [-0.1, -0.05) is 42.5 Å². The number of fused-ring (bicyclic) bond motifs is 2. The Morgan fingerprint density at radius 3 is 2.26 bits per heavy atom. The molecule has 1 aliphatic carbocycles. The van der Waals surface area contributed by atoms with Crippen molar-refractivity contribution >= 4 is 40.6 Å². The van der Waals surface area contributed by atoms with Crippen LogP contribution in [0.1, 0.15) is 75.1 Å². The van der Waals surface area contributed by atoms with Crippen molar-refractivity contribution in [1.82, 2.24) is 9.88 Å². The molecule has 2 bridgehead atoms. The summed E-state index contributed by atoms with van der Waals surface area (Å²) in [4.78, 5) is 35.9. The Kier molecular flexibility index (Phi) is 8.45. The number of nitrogens with two attached hydrogens (primary N) is 1. The molecule has 2 N–H and O–H groups in total. The molecular weight excluding hydrogens is 544 g/mol. The first-order valence-electron chi connectivity index (χ1n) is 12.8. The molecule has 0 unspecified atom stereocenters. The Morgan fingerprint density at radius 2 is 1.76 bits per heavy atom. The highest BCUT2D eigenvalue weighted by atomic mass is 35.5. The lowest BCUT2D eigenvalue weighted by Crippen LogP contribution is -2.48. The van der Waals surface area contributed by atoms with Crippen molar-refractivity contribution < 1.29 is 27.5 Å². The molecule has 1 aromatic heterocycles. The Balaban J connectivity index is 1.68. The highest BCUT2D eigenvalue weighted by Gasteiger charge is 2.54. The van der Waals surface area contributed by atoms with E-state index in [1.54, 1.807) is 0 Å². The van der Waals surface area contributed by atoms with Crippen molar-refractivity contribution in [2.75, 3.05) is 13.1 Å². The zero-order valence-electron chi connectivity index (χ0n) is 21.1. The van der Waals surface area contributed by atoms with Gasteiger partial charge >= 0.3 is 6.18 Å². The minimum atomic E-state index is -4.92. The maximum Gasteiger partial charge on any atom is 0.433 e. The number of aromatic nitrogens is 1. The molecule has 0 spiro atoms. The van der Waals surface area contributed by atoms with Crippen molar-refractivity contribution in [3.05, 3.63) is 39.8 Å². The first kappa shape index (κ1) is 28.8. The average molecular weight is 575 g/mol. The fraction of sp³-hybridized carbons (Fsp3) is 0.615. The Bertz CT molecular complexity index is 1120. The maximum atomic E-state index is 14.2. The third kappa shape index (κ3) is 6.18. The van der Waals surface area contributed by atoms with E-state index in [0.717, 1.165) is 37.0 Å². The Hall–Kier alpha value is -2.17. The van der Waals surface area contributed by atoms with Crippen LogP contribution in [0.2, 0.25) is 10.0 Å². The van der Waals surface area contributed by atoms with E-state index in [4.69, 9.17) is 33.7 Å². The molecule has 3 heterocycles. The van der Waals surface area contributed by atoms with Gasteiger partial charge < -0.3 is 15.4 Å². The Labute approximate surface area is 229 Å². The summed E-state index contributed by atoms with van der Waals surface area (Å²) in [7, 11) is 0. The third-order valence-electron chi connectivity index (χ3n) is 7.72. The van der Waals surface area contributed by atoms with Gasteiger partial charge in [0.1, 0.15) is 0 Å². The second-order valence-electron chi connectivity index (χ2n) is 10.6. The number of halogens is 5. The fourth-order valence-corrected chi connectivity index (χ4v) is 6.31. The lowest BCUT2D eigenvalue weighted by atomic mass is 9.82. The average Bonchev–Trinajstić information content (AvgIpc) is 3.36. The normalized spacial score (nSPS) is 26.6. The van der Waals surface area contributed by atoms with Crippen LogP contribution < -0.4 is 5.73 Å². The minimum Gasteiger partial charge on any atom is -0.404 e. The van der Waals surface area contributed by atoms with Crippen LogP contribution >= 0.6 is 23.2 Å². The Morgan fingerprint density at radius 1 is 1.16 bits per heavy atom. The number of carbonyl (C=O) groups is 2. The zero-order chi connectivity index (χ0) is 27.7. The third-order valence-corrected chi connectivity index (χ3v) is 8.29. The van der Waals surface area contributed by atoms with E-state index in [2.05, 4.69) is 9.98 Å². The number of rotatable bonds is 8. The van der Waals surface area contributed by atoms with Crippen molar-refractivity contribution in [3.63, 3.8) is 0 Å².